The summed E-state index contributed by atoms with van der Waals surface area (Å²) >= 11 is 0. The van der Waals surface area contributed by atoms with E-state index in [1.165, 1.54) is 0 Å². The predicted octanol–water partition coefficient (Wildman–Crippen LogP) is 2.45. The van der Waals surface area contributed by atoms with Crippen molar-refractivity contribution in [2.75, 3.05) is 28.4 Å². The third-order valence-electron chi connectivity index (χ3n) is 3.19. The lowest BCUT2D eigenvalue weighted by Gasteiger charge is -2.29. The molecule has 0 unspecified atom stereocenters. The first kappa shape index (κ1) is 15.0. The zero-order chi connectivity index (χ0) is 13.8. The molecule has 0 saturated carbocycles. The molecule has 0 fully saturated rings. The van der Waals surface area contributed by atoms with Crippen LogP contribution in [-0.2, 0) is 20.6 Å². The van der Waals surface area contributed by atoms with E-state index in [0.29, 0.717) is 6.42 Å². The Morgan fingerprint density at radius 3 is 1.89 bits per heavy atom. The number of ether oxygens (including phenoxy) is 4. The number of aryl methyl sites for hydroxylation is 2. The fourth-order valence-electron chi connectivity index (χ4n) is 1.96. The molecule has 0 amide bonds. The minimum absolute atomic E-state index is 0.521. The van der Waals surface area contributed by atoms with E-state index in [1.54, 1.807) is 28.4 Å². The number of hydrogen-bond donors (Lipinski definition) is 0. The second-order valence-electron chi connectivity index (χ2n) is 4.22. The van der Waals surface area contributed by atoms with Gasteiger partial charge in [-0.25, -0.2) is 0 Å². The van der Waals surface area contributed by atoms with Crippen LogP contribution in [0.25, 0.3) is 0 Å². The molecule has 0 saturated heterocycles. The molecule has 18 heavy (non-hydrogen) atoms. The summed E-state index contributed by atoms with van der Waals surface area (Å²) < 4.78 is 21.2. The van der Waals surface area contributed by atoms with Gasteiger partial charge in [-0.1, -0.05) is 6.07 Å². The molecule has 4 heteroatoms. The quantitative estimate of drug-likeness (QED) is 0.731. The summed E-state index contributed by atoms with van der Waals surface area (Å²) in [5, 5.41) is 0. The van der Waals surface area contributed by atoms with Crippen molar-refractivity contribution in [3.8, 4) is 5.75 Å². The molecular weight excluding hydrogens is 232 g/mol. The lowest BCUT2D eigenvalue weighted by molar-refractivity contribution is -0.351. The molecule has 0 spiro atoms. The third-order valence-corrected chi connectivity index (χ3v) is 3.19. The molecule has 0 aromatic heterocycles. The van der Waals surface area contributed by atoms with Gasteiger partial charge in [-0.05, 0) is 36.6 Å². The first-order chi connectivity index (χ1) is 8.51. The maximum Gasteiger partial charge on any atom is 0.286 e. The zero-order valence-electron chi connectivity index (χ0n) is 12.0. The molecule has 0 aliphatic rings. The molecular formula is C14H22O4. The monoisotopic (exact) mass is 254 g/mol. The summed E-state index contributed by atoms with van der Waals surface area (Å²) in [6.07, 6.45) is 0.521. The largest absolute Gasteiger partial charge is 0.496 e. The Hall–Kier alpha value is -1.10. The Morgan fingerprint density at radius 2 is 1.44 bits per heavy atom. The molecule has 0 radical (unpaired) electrons. The van der Waals surface area contributed by atoms with E-state index in [-0.39, 0.29) is 0 Å². The van der Waals surface area contributed by atoms with Crippen LogP contribution >= 0.6 is 0 Å². The van der Waals surface area contributed by atoms with E-state index < -0.39 is 5.97 Å². The Kier molecular flexibility index (Phi) is 5.14. The van der Waals surface area contributed by atoms with Crippen molar-refractivity contribution in [3.05, 3.63) is 28.8 Å². The lowest BCUT2D eigenvalue weighted by Crippen LogP contribution is -2.38. The zero-order valence-corrected chi connectivity index (χ0v) is 12.0. The Labute approximate surface area is 109 Å². The molecule has 0 bridgehead atoms. The SMILES string of the molecule is COc1cc(C)c(CC(OC)(OC)OC)cc1C. The first-order valence-corrected chi connectivity index (χ1v) is 5.81. The van der Waals surface area contributed by atoms with Gasteiger partial charge in [-0.3, -0.25) is 0 Å². The fourth-order valence-corrected chi connectivity index (χ4v) is 1.96. The van der Waals surface area contributed by atoms with Gasteiger partial charge in [-0.2, -0.15) is 0 Å². The van der Waals surface area contributed by atoms with E-state index in [1.807, 2.05) is 19.9 Å². The Morgan fingerprint density at radius 1 is 0.889 bits per heavy atom. The second kappa shape index (κ2) is 6.18. The van der Waals surface area contributed by atoms with Gasteiger partial charge >= 0.3 is 0 Å². The summed E-state index contributed by atoms with van der Waals surface area (Å²) in [4.78, 5) is 0. The van der Waals surface area contributed by atoms with E-state index in [2.05, 4.69) is 6.07 Å². The van der Waals surface area contributed by atoms with Crippen LogP contribution in [0.3, 0.4) is 0 Å². The van der Waals surface area contributed by atoms with Gasteiger partial charge < -0.3 is 18.9 Å². The number of methoxy groups -OCH3 is 4. The van der Waals surface area contributed by atoms with Crippen LogP contribution in [0, 0.1) is 13.8 Å². The summed E-state index contributed by atoms with van der Waals surface area (Å²) in [5.41, 5.74) is 3.31. The highest BCUT2D eigenvalue weighted by Crippen LogP contribution is 2.27. The average molecular weight is 254 g/mol. The topological polar surface area (TPSA) is 36.9 Å². The summed E-state index contributed by atoms with van der Waals surface area (Å²) in [6.45, 7) is 4.04. The van der Waals surface area contributed by atoms with Crippen LogP contribution in [0.2, 0.25) is 0 Å². The van der Waals surface area contributed by atoms with E-state index >= 15 is 0 Å². The van der Waals surface area contributed by atoms with Crippen LogP contribution in [0.1, 0.15) is 16.7 Å². The highest BCUT2D eigenvalue weighted by atomic mass is 16.9. The van der Waals surface area contributed by atoms with Crippen LogP contribution in [0.5, 0.6) is 5.75 Å². The van der Waals surface area contributed by atoms with Crippen molar-refractivity contribution >= 4 is 0 Å². The van der Waals surface area contributed by atoms with Crippen molar-refractivity contribution in [1.82, 2.24) is 0 Å². The van der Waals surface area contributed by atoms with Gasteiger partial charge in [0.15, 0.2) is 0 Å². The fraction of sp³-hybridized carbons (Fsp3) is 0.571. The molecule has 0 heterocycles. The Balaban J connectivity index is 3.07. The highest BCUT2D eigenvalue weighted by Gasteiger charge is 2.30. The molecule has 1 rings (SSSR count). The molecule has 0 aliphatic carbocycles. The molecule has 0 N–H and O–H groups in total. The van der Waals surface area contributed by atoms with Crippen molar-refractivity contribution in [1.29, 1.82) is 0 Å². The van der Waals surface area contributed by atoms with Crippen LogP contribution in [0.15, 0.2) is 12.1 Å². The maximum absolute atomic E-state index is 5.32. The molecule has 0 atom stereocenters. The lowest BCUT2D eigenvalue weighted by atomic mass is 10.0. The molecule has 1 aromatic rings. The summed E-state index contributed by atoms with van der Waals surface area (Å²) in [6, 6.07) is 4.08. The van der Waals surface area contributed by atoms with Crippen LogP contribution < -0.4 is 4.74 Å². The van der Waals surface area contributed by atoms with Crippen molar-refractivity contribution in [3.63, 3.8) is 0 Å². The molecule has 1 aromatic carbocycles. The van der Waals surface area contributed by atoms with Gasteiger partial charge in [-0.15, -0.1) is 0 Å². The molecule has 0 aliphatic heterocycles. The van der Waals surface area contributed by atoms with E-state index in [9.17, 15) is 0 Å². The number of hydrogen-bond acceptors (Lipinski definition) is 4. The highest BCUT2D eigenvalue weighted by molar-refractivity contribution is 5.41. The standard InChI is InChI=1S/C14H22O4/c1-10-8-13(15-3)11(2)7-12(10)9-14(16-4,17-5)18-6/h7-8H,9H2,1-6H3. The van der Waals surface area contributed by atoms with Gasteiger partial charge in [0.05, 0.1) is 13.5 Å². The van der Waals surface area contributed by atoms with E-state index in [4.69, 9.17) is 18.9 Å². The third kappa shape index (κ3) is 3.02. The summed E-state index contributed by atoms with van der Waals surface area (Å²) in [7, 11) is 6.38. The van der Waals surface area contributed by atoms with Gasteiger partial charge in [0.2, 0.25) is 0 Å². The predicted molar refractivity (Wildman–Crippen MR) is 69.9 cm³/mol. The minimum atomic E-state index is -1.04. The molecule has 4 nitrogen and oxygen atoms in total. The van der Waals surface area contributed by atoms with Crippen molar-refractivity contribution in [2.24, 2.45) is 0 Å². The Bertz CT molecular complexity index is 389. The minimum Gasteiger partial charge on any atom is -0.496 e. The average Bonchev–Trinajstić information content (AvgIpc) is 2.39. The maximum atomic E-state index is 5.32. The van der Waals surface area contributed by atoms with Gasteiger partial charge in [0, 0.05) is 21.3 Å². The second-order valence-corrected chi connectivity index (χ2v) is 4.22. The normalized spacial score (nSPS) is 11.7. The summed E-state index contributed by atoms with van der Waals surface area (Å²) in [5.74, 6) is -0.152. The molecule has 102 valence electrons. The van der Waals surface area contributed by atoms with Crippen LogP contribution in [-0.4, -0.2) is 34.4 Å². The van der Waals surface area contributed by atoms with Crippen LogP contribution in [0.4, 0.5) is 0 Å². The number of rotatable bonds is 6. The van der Waals surface area contributed by atoms with Gasteiger partial charge in [0.1, 0.15) is 5.75 Å². The number of benzene rings is 1. The van der Waals surface area contributed by atoms with Crippen molar-refractivity contribution in [2.45, 2.75) is 26.2 Å². The van der Waals surface area contributed by atoms with Crippen molar-refractivity contribution < 1.29 is 18.9 Å². The smallest absolute Gasteiger partial charge is 0.286 e. The van der Waals surface area contributed by atoms with Gasteiger partial charge in [0.25, 0.3) is 5.97 Å². The van der Waals surface area contributed by atoms with E-state index in [0.717, 1.165) is 22.4 Å². The first-order valence-electron chi connectivity index (χ1n) is 5.81.